The minimum Gasteiger partial charge on any atom is -0.483 e. The van der Waals surface area contributed by atoms with Gasteiger partial charge in [0.2, 0.25) is 0 Å². The summed E-state index contributed by atoms with van der Waals surface area (Å²) in [7, 11) is 0. The summed E-state index contributed by atoms with van der Waals surface area (Å²) in [6, 6.07) is 5.93. The minimum atomic E-state index is -0.234. The Hall–Kier alpha value is -1.84. The number of rotatable bonds is 7. The van der Waals surface area contributed by atoms with E-state index in [1.165, 1.54) is 0 Å². The molecule has 0 unspecified atom stereocenters. The molecule has 0 aromatic heterocycles. The summed E-state index contributed by atoms with van der Waals surface area (Å²) >= 11 is 0. The Bertz CT molecular complexity index is 481. The molecular formula is C16H24N2O2. The van der Waals surface area contributed by atoms with Crippen molar-refractivity contribution in [3.05, 3.63) is 29.3 Å². The molecular weight excluding hydrogens is 252 g/mol. The summed E-state index contributed by atoms with van der Waals surface area (Å²) < 4.78 is 5.51. The van der Waals surface area contributed by atoms with Gasteiger partial charge in [-0.1, -0.05) is 25.5 Å². The van der Waals surface area contributed by atoms with Crippen LogP contribution in [0.1, 0.15) is 44.2 Å². The highest BCUT2D eigenvalue weighted by Crippen LogP contribution is 2.18. The maximum Gasteiger partial charge on any atom is 0.277 e. The number of hydrazone groups is 1. The third-order valence-electron chi connectivity index (χ3n) is 2.97. The second-order valence-electron chi connectivity index (χ2n) is 5.04. The molecule has 0 aliphatic carbocycles. The van der Waals surface area contributed by atoms with Crippen molar-refractivity contribution in [2.75, 3.05) is 6.61 Å². The van der Waals surface area contributed by atoms with Gasteiger partial charge in [0.15, 0.2) is 6.61 Å². The molecule has 0 saturated carbocycles. The van der Waals surface area contributed by atoms with Crippen molar-refractivity contribution >= 4 is 11.6 Å². The fraction of sp³-hybridized carbons (Fsp3) is 0.500. The molecule has 20 heavy (non-hydrogen) atoms. The van der Waals surface area contributed by atoms with Gasteiger partial charge in [-0.2, -0.15) is 5.10 Å². The first kappa shape index (κ1) is 16.2. The van der Waals surface area contributed by atoms with E-state index in [0.29, 0.717) is 0 Å². The SMILES string of the molecule is CCCCC(C)=NNC(=O)COc1cc(C)ccc1C. The van der Waals surface area contributed by atoms with E-state index in [-0.39, 0.29) is 12.5 Å². The maximum absolute atomic E-state index is 11.6. The first-order valence-electron chi connectivity index (χ1n) is 7.05. The summed E-state index contributed by atoms with van der Waals surface area (Å²) in [6.07, 6.45) is 3.12. The molecule has 0 radical (unpaired) electrons. The largest absolute Gasteiger partial charge is 0.483 e. The summed E-state index contributed by atoms with van der Waals surface area (Å²) in [5.41, 5.74) is 5.59. The number of nitrogens with one attached hydrogen (secondary N) is 1. The number of carbonyl (C=O) groups excluding carboxylic acids is 1. The van der Waals surface area contributed by atoms with Crippen LogP contribution in [-0.2, 0) is 4.79 Å². The molecule has 1 amide bonds. The third-order valence-corrected chi connectivity index (χ3v) is 2.97. The van der Waals surface area contributed by atoms with Crippen LogP contribution < -0.4 is 10.2 Å². The van der Waals surface area contributed by atoms with Gasteiger partial charge in [0, 0.05) is 5.71 Å². The van der Waals surface area contributed by atoms with Crippen molar-refractivity contribution in [1.29, 1.82) is 0 Å². The van der Waals surface area contributed by atoms with Gasteiger partial charge in [-0.15, -0.1) is 0 Å². The van der Waals surface area contributed by atoms with E-state index in [1.807, 2.05) is 39.0 Å². The predicted octanol–water partition coefficient (Wildman–Crippen LogP) is 3.36. The van der Waals surface area contributed by atoms with Crippen LogP contribution in [0.15, 0.2) is 23.3 Å². The molecule has 0 bridgehead atoms. The highest BCUT2D eigenvalue weighted by atomic mass is 16.5. The number of benzene rings is 1. The number of amides is 1. The van der Waals surface area contributed by atoms with Crippen LogP contribution in [0.3, 0.4) is 0 Å². The lowest BCUT2D eigenvalue weighted by molar-refractivity contribution is -0.123. The molecule has 4 heteroatoms. The number of carbonyl (C=O) groups is 1. The van der Waals surface area contributed by atoms with Crippen molar-refractivity contribution in [2.45, 2.75) is 47.0 Å². The van der Waals surface area contributed by atoms with Crippen LogP contribution in [0.25, 0.3) is 0 Å². The second-order valence-corrected chi connectivity index (χ2v) is 5.04. The van der Waals surface area contributed by atoms with Crippen LogP contribution in [0, 0.1) is 13.8 Å². The van der Waals surface area contributed by atoms with Gasteiger partial charge in [0.05, 0.1) is 0 Å². The first-order valence-corrected chi connectivity index (χ1v) is 7.05. The van der Waals surface area contributed by atoms with Gasteiger partial charge in [-0.25, -0.2) is 5.43 Å². The van der Waals surface area contributed by atoms with E-state index >= 15 is 0 Å². The van der Waals surface area contributed by atoms with Crippen LogP contribution >= 0.6 is 0 Å². The third kappa shape index (κ3) is 5.87. The molecule has 4 nitrogen and oxygen atoms in total. The lowest BCUT2D eigenvalue weighted by Crippen LogP contribution is -2.25. The summed E-state index contributed by atoms with van der Waals surface area (Å²) in [6.45, 7) is 7.98. The second kappa shape index (κ2) is 8.35. The number of hydrogen-bond donors (Lipinski definition) is 1. The molecule has 1 aromatic carbocycles. The summed E-state index contributed by atoms with van der Waals surface area (Å²) in [5.74, 6) is 0.508. The smallest absolute Gasteiger partial charge is 0.277 e. The van der Waals surface area contributed by atoms with Crippen molar-refractivity contribution in [1.82, 2.24) is 5.43 Å². The summed E-state index contributed by atoms with van der Waals surface area (Å²) in [5, 5.41) is 4.05. The predicted molar refractivity (Wildman–Crippen MR) is 82.2 cm³/mol. The zero-order chi connectivity index (χ0) is 15.0. The fourth-order valence-corrected chi connectivity index (χ4v) is 1.68. The number of unbranched alkanes of at least 4 members (excludes halogenated alkanes) is 1. The van der Waals surface area contributed by atoms with Crippen molar-refractivity contribution < 1.29 is 9.53 Å². The highest BCUT2D eigenvalue weighted by Gasteiger charge is 2.04. The van der Waals surface area contributed by atoms with Gasteiger partial charge in [-0.3, -0.25) is 4.79 Å². The Balaban J connectivity index is 2.41. The Morgan fingerprint density at radius 1 is 1.35 bits per heavy atom. The number of hydrogen-bond acceptors (Lipinski definition) is 3. The lowest BCUT2D eigenvalue weighted by atomic mass is 10.1. The molecule has 0 aliphatic heterocycles. The van der Waals surface area contributed by atoms with E-state index in [2.05, 4.69) is 17.5 Å². The number of aryl methyl sites for hydroxylation is 2. The fourth-order valence-electron chi connectivity index (χ4n) is 1.68. The quantitative estimate of drug-likeness (QED) is 0.613. The standard InChI is InChI=1S/C16H24N2O2/c1-5-6-7-14(4)17-18-16(19)11-20-15-10-12(2)8-9-13(15)3/h8-10H,5-7,11H2,1-4H3,(H,18,19). The molecule has 0 fully saturated rings. The van der Waals surface area contributed by atoms with Gasteiger partial charge < -0.3 is 4.74 Å². The van der Waals surface area contributed by atoms with Crippen LogP contribution in [0.4, 0.5) is 0 Å². The van der Waals surface area contributed by atoms with E-state index in [0.717, 1.165) is 41.9 Å². The molecule has 1 rings (SSSR count). The van der Waals surface area contributed by atoms with E-state index in [1.54, 1.807) is 0 Å². The maximum atomic E-state index is 11.6. The Morgan fingerprint density at radius 3 is 2.80 bits per heavy atom. The van der Waals surface area contributed by atoms with Gasteiger partial charge in [0.1, 0.15) is 5.75 Å². The monoisotopic (exact) mass is 276 g/mol. The summed E-state index contributed by atoms with van der Waals surface area (Å²) in [4.78, 5) is 11.6. The first-order chi connectivity index (χ1) is 9.52. The van der Waals surface area contributed by atoms with E-state index in [9.17, 15) is 4.79 Å². The topological polar surface area (TPSA) is 50.7 Å². The van der Waals surface area contributed by atoms with Crippen molar-refractivity contribution in [3.8, 4) is 5.75 Å². The Kier molecular flexibility index (Phi) is 6.77. The lowest BCUT2D eigenvalue weighted by Gasteiger charge is -2.09. The highest BCUT2D eigenvalue weighted by molar-refractivity contribution is 5.84. The average Bonchev–Trinajstić information content (AvgIpc) is 2.43. The van der Waals surface area contributed by atoms with Crippen LogP contribution in [-0.4, -0.2) is 18.2 Å². The van der Waals surface area contributed by atoms with Crippen LogP contribution in [0.5, 0.6) is 5.75 Å². The Morgan fingerprint density at radius 2 is 2.10 bits per heavy atom. The molecule has 0 heterocycles. The molecule has 0 atom stereocenters. The molecule has 1 N–H and O–H groups in total. The van der Waals surface area contributed by atoms with Gasteiger partial charge >= 0.3 is 0 Å². The normalized spacial score (nSPS) is 11.3. The van der Waals surface area contributed by atoms with Gasteiger partial charge in [-0.05, 0) is 50.8 Å². The average molecular weight is 276 g/mol. The van der Waals surface area contributed by atoms with Crippen LogP contribution in [0.2, 0.25) is 0 Å². The molecule has 0 saturated heterocycles. The minimum absolute atomic E-state index is 0.0190. The zero-order valence-corrected chi connectivity index (χ0v) is 12.8. The number of ether oxygens (including phenoxy) is 1. The van der Waals surface area contributed by atoms with Crippen molar-refractivity contribution in [3.63, 3.8) is 0 Å². The number of nitrogens with zero attached hydrogens (tertiary/aromatic N) is 1. The van der Waals surface area contributed by atoms with E-state index in [4.69, 9.17) is 4.74 Å². The molecule has 110 valence electrons. The van der Waals surface area contributed by atoms with Gasteiger partial charge in [0.25, 0.3) is 5.91 Å². The molecule has 0 aliphatic rings. The molecule has 1 aromatic rings. The van der Waals surface area contributed by atoms with Crippen molar-refractivity contribution in [2.24, 2.45) is 5.10 Å². The molecule has 0 spiro atoms. The Labute approximate surface area is 121 Å². The zero-order valence-electron chi connectivity index (χ0n) is 12.8. The van der Waals surface area contributed by atoms with E-state index < -0.39 is 0 Å².